The minimum absolute atomic E-state index is 0.0720. The Hall–Kier alpha value is -2.14. The lowest BCUT2D eigenvalue weighted by Crippen LogP contribution is -2.39. The molecule has 0 saturated heterocycles. The molecular formula is C16H20N2O3. The number of benzene rings is 1. The zero-order chi connectivity index (χ0) is 15.3. The van der Waals surface area contributed by atoms with Crippen molar-refractivity contribution in [1.82, 2.24) is 5.32 Å². The highest BCUT2D eigenvalue weighted by atomic mass is 16.6. The van der Waals surface area contributed by atoms with E-state index in [0.29, 0.717) is 12.3 Å². The largest absolute Gasteiger partial charge is 0.433 e. The molecule has 1 aromatic heterocycles. The molecule has 0 aliphatic rings. The van der Waals surface area contributed by atoms with E-state index in [1.807, 2.05) is 18.2 Å². The second kappa shape index (κ2) is 6.54. The standard InChI is InChI=1S/C16H20N2O3/c1-16(2,11-10-13-6-4-3-5-7-13)17-12-14-8-9-15(21-14)18(19)20/h3-9,17H,10-12H2,1-2H3. The van der Waals surface area contributed by atoms with E-state index in [0.717, 1.165) is 12.8 Å². The Labute approximate surface area is 124 Å². The zero-order valence-electron chi connectivity index (χ0n) is 12.3. The summed E-state index contributed by atoms with van der Waals surface area (Å²) in [7, 11) is 0. The molecule has 2 rings (SSSR count). The molecule has 0 atom stereocenters. The van der Waals surface area contributed by atoms with Crippen LogP contribution in [0.4, 0.5) is 5.88 Å². The van der Waals surface area contributed by atoms with E-state index < -0.39 is 4.92 Å². The van der Waals surface area contributed by atoms with Crippen molar-refractivity contribution in [2.24, 2.45) is 0 Å². The summed E-state index contributed by atoms with van der Waals surface area (Å²) in [5, 5.41) is 13.9. The van der Waals surface area contributed by atoms with Crippen LogP contribution in [0.2, 0.25) is 0 Å². The number of furan rings is 1. The van der Waals surface area contributed by atoms with E-state index in [1.54, 1.807) is 6.07 Å². The van der Waals surface area contributed by atoms with Crippen LogP contribution in [-0.2, 0) is 13.0 Å². The van der Waals surface area contributed by atoms with Gasteiger partial charge in [0.2, 0.25) is 0 Å². The second-order valence-electron chi connectivity index (χ2n) is 5.72. The number of rotatable bonds is 7. The van der Waals surface area contributed by atoms with Crippen LogP contribution in [0.25, 0.3) is 0 Å². The third-order valence-corrected chi connectivity index (χ3v) is 3.45. The van der Waals surface area contributed by atoms with Gasteiger partial charge in [0.15, 0.2) is 0 Å². The maximum atomic E-state index is 10.6. The monoisotopic (exact) mass is 288 g/mol. The molecule has 0 bridgehead atoms. The van der Waals surface area contributed by atoms with Crippen molar-refractivity contribution in [3.8, 4) is 0 Å². The summed E-state index contributed by atoms with van der Waals surface area (Å²) < 4.78 is 5.14. The lowest BCUT2D eigenvalue weighted by molar-refractivity contribution is -0.402. The molecule has 0 aliphatic heterocycles. The lowest BCUT2D eigenvalue weighted by Gasteiger charge is -2.26. The Bertz CT molecular complexity index is 591. The summed E-state index contributed by atoms with van der Waals surface area (Å²) in [4.78, 5) is 10.0. The van der Waals surface area contributed by atoms with E-state index in [4.69, 9.17) is 4.42 Å². The first-order chi connectivity index (χ1) is 9.96. The molecule has 1 heterocycles. The molecule has 0 amide bonds. The van der Waals surface area contributed by atoms with Gasteiger partial charge in [0.1, 0.15) is 10.7 Å². The van der Waals surface area contributed by atoms with Gasteiger partial charge in [-0.05, 0) is 38.3 Å². The Morgan fingerprint density at radius 3 is 2.52 bits per heavy atom. The SMILES string of the molecule is CC(C)(CCc1ccccc1)NCc1ccc([N+](=O)[O-])o1. The van der Waals surface area contributed by atoms with Crippen LogP contribution in [0.3, 0.4) is 0 Å². The molecule has 5 heteroatoms. The van der Waals surface area contributed by atoms with E-state index in [9.17, 15) is 10.1 Å². The van der Waals surface area contributed by atoms with Gasteiger partial charge in [0.05, 0.1) is 12.6 Å². The highest BCUT2D eigenvalue weighted by Crippen LogP contribution is 2.18. The predicted octanol–water partition coefficient (Wildman–Crippen LogP) is 3.69. The molecular weight excluding hydrogens is 268 g/mol. The van der Waals surface area contributed by atoms with Gasteiger partial charge in [0.25, 0.3) is 0 Å². The highest BCUT2D eigenvalue weighted by molar-refractivity contribution is 5.18. The van der Waals surface area contributed by atoms with E-state index in [-0.39, 0.29) is 11.4 Å². The molecule has 0 aliphatic carbocycles. The zero-order valence-corrected chi connectivity index (χ0v) is 12.3. The smallest absolute Gasteiger partial charge is 0.404 e. The Balaban J connectivity index is 1.84. The second-order valence-corrected chi connectivity index (χ2v) is 5.72. The summed E-state index contributed by atoms with van der Waals surface area (Å²) in [5.74, 6) is 0.364. The van der Waals surface area contributed by atoms with Crippen molar-refractivity contribution >= 4 is 5.88 Å². The van der Waals surface area contributed by atoms with Gasteiger partial charge in [0, 0.05) is 5.54 Å². The summed E-state index contributed by atoms with van der Waals surface area (Å²) in [5.41, 5.74) is 1.23. The van der Waals surface area contributed by atoms with Crippen molar-refractivity contribution in [2.45, 2.75) is 38.8 Å². The fraction of sp³-hybridized carbons (Fsp3) is 0.375. The predicted molar refractivity (Wildman–Crippen MR) is 81.0 cm³/mol. The van der Waals surface area contributed by atoms with Crippen LogP contribution in [0, 0.1) is 10.1 Å². The molecule has 0 saturated carbocycles. The highest BCUT2D eigenvalue weighted by Gasteiger charge is 2.18. The van der Waals surface area contributed by atoms with Gasteiger partial charge in [-0.1, -0.05) is 30.3 Å². The average Bonchev–Trinajstić information content (AvgIpc) is 2.94. The number of hydrogen-bond donors (Lipinski definition) is 1. The van der Waals surface area contributed by atoms with Gasteiger partial charge in [-0.2, -0.15) is 0 Å². The van der Waals surface area contributed by atoms with Gasteiger partial charge in [-0.25, -0.2) is 0 Å². The van der Waals surface area contributed by atoms with Gasteiger partial charge >= 0.3 is 5.88 Å². The molecule has 1 N–H and O–H groups in total. The third kappa shape index (κ3) is 4.72. The minimum atomic E-state index is -0.524. The van der Waals surface area contributed by atoms with Crippen molar-refractivity contribution < 1.29 is 9.34 Å². The van der Waals surface area contributed by atoms with Crippen molar-refractivity contribution in [3.05, 3.63) is 63.9 Å². The maximum Gasteiger partial charge on any atom is 0.433 e. The Morgan fingerprint density at radius 1 is 1.19 bits per heavy atom. The van der Waals surface area contributed by atoms with E-state index in [2.05, 4.69) is 31.3 Å². The molecule has 0 unspecified atom stereocenters. The van der Waals surface area contributed by atoms with E-state index in [1.165, 1.54) is 11.6 Å². The van der Waals surface area contributed by atoms with Crippen molar-refractivity contribution in [1.29, 1.82) is 0 Å². The van der Waals surface area contributed by atoms with Crippen LogP contribution in [0.5, 0.6) is 0 Å². The summed E-state index contributed by atoms with van der Waals surface area (Å²) in [6.07, 6.45) is 1.96. The Kier molecular flexibility index (Phi) is 4.75. The molecule has 0 spiro atoms. The summed E-state index contributed by atoms with van der Waals surface area (Å²) in [6.45, 7) is 4.72. The number of nitrogens with zero attached hydrogens (tertiary/aromatic N) is 1. The summed E-state index contributed by atoms with van der Waals surface area (Å²) >= 11 is 0. The van der Waals surface area contributed by atoms with Crippen LogP contribution >= 0.6 is 0 Å². The number of aryl methyl sites for hydroxylation is 1. The van der Waals surface area contributed by atoms with Crippen LogP contribution in [0.1, 0.15) is 31.6 Å². The number of nitrogens with one attached hydrogen (secondary N) is 1. The van der Waals surface area contributed by atoms with Crippen molar-refractivity contribution in [3.63, 3.8) is 0 Å². The number of nitro groups is 1. The average molecular weight is 288 g/mol. The quantitative estimate of drug-likeness (QED) is 0.623. The molecule has 2 aromatic rings. The fourth-order valence-electron chi connectivity index (χ4n) is 2.08. The Morgan fingerprint density at radius 2 is 1.90 bits per heavy atom. The first kappa shape index (κ1) is 15.3. The first-order valence-corrected chi connectivity index (χ1v) is 6.98. The fourth-order valence-corrected chi connectivity index (χ4v) is 2.08. The number of hydrogen-bond acceptors (Lipinski definition) is 4. The van der Waals surface area contributed by atoms with Crippen molar-refractivity contribution in [2.75, 3.05) is 0 Å². The van der Waals surface area contributed by atoms with E-state index >= 15 is 0 Å². The van der Waals surface area contributed by atoms with Gasteiger partial charge in [-0.15, -0.1) is 0 Å². The van der Waals surface area contributed by atoms with Crippen LogP contribution in [-0.4, -0.2) is 10.5 Å². The van der Waals surface area contributed by atoms with Gasteiger partial charge < -0.3 is 9.73 Å². The molecule has 0 fully saturated rings. The molecule has 21 heavy (non-hydrogen) atoms. The normalized spacial score (nSPS) is 11.5. The van der Waals surface area contributed by atoms with Gasteiger partial charge in [-0.3, -0.25) is 10.1 Å². The third-order valence-electron chi connectivity index (χ3n) is 3.45. The van der Waals surface area contributed by atoms with Crippen LogP contribution < -0.4 is 5.32 Å². The minimum Gasteiger partial charge on any atom is -0.404 e. The molecule has 112 valence electrons. The first-order valence-electron chi connectivity index (χ1n) is 6.98. The van der Waals surface area contributed by atoms with Crippen LogP contribution in [0.15, 0.2) is 46.9 Å². The molecule has 1 aromatic carbocycles. The topological polar surface area (TPSA) is 68.3 Å². The molecule has 5 nitrogen and oxygen atoms in total. The lowest BCUT2D eigenvalue weighted by atomic mass is 9.95. The maximum absolute atomic E-state index is 10.6. The molecule has 0 radical (unpaired) electrons. The summed E-state index contributed by atoms with van der Waals surface area (Å²) in [6, 6.07) is 13.3.